The van der Waals surface area contributed by atoms with E-state index < -0.39 is 0 Å². The van der Waals surface area contributed by atoms with Crippen LogP contribution in [-0.2, 0) is 24.1 Å². The average molecular weight is 361 g/mol. The van der Waals surface area contributed by atoms with Crippen molar-refractivity contribution in [2.45, 2.75) is 32.4 Å². The molecule has 0 bridgehead atoms. The summed E-state index contributed by atoms with van der Waals surface area (Å²) in [6.07, 6.45) is 2.98. The molecule has 2 heterocycles. The normalized spacial score (nSPS) is 16.4. The topological polar surface area (TPSA) is 72.3 Å². The van der Waals surface area contributed by atoms with Crippen LogP contribution >= 0.6 is 0 Å². The molecular formula is C18H24FN5O2. The molecule has 3 rings (SSSR count). The molecule has 0 saturated carbocycles. The van der Waals surface area contributed by atoms with Crippen LogP contribution in [0.1, 0.15) is 29.9 Å². The molecule has 1 aromatic carbocycles. The number of methoxy groups -OCH3 is 1. The predicted octanol–water partition coefficient (Wildman–Crippen LogP) is 1.93. The SMILES string of the molecule is COCCn1cnnc1CCNC(=O)N1CCc2ccc(F)cc2C1C. The third kappa shape index (κ3) is 4.01. The van der Waals surface area contributed by atoms with Crippen molar-refractivity contribution in [3.63, 3.8) is 0 Å². The van der Waals surface area contributed by atoms with E-state index >= 15 is 0 Å². The number of nitrogens with zero attached hydrogens (tertiary/aromatic N) is 4. The number of halogens is 1. The molecule has 1 N–H and O–H groups in total. The number of nitrogens with one attached hydrogen (secondary N) is 1. The molecule has 2 aromatic rings. The highest BCUT2D eigenvalue weighted by Gasteiger charge is 2.27. The molecule has 0 radical (unpaired) electrons. The summed E-state index contributed by atoms with van der Waals surface area (Å²) in [6.45, 7) is 4.27. The quantitative estimate of drug-likeness (QED) is 0.853. The molecule has 0 saturated heterocycles. The van der Waals surface area contributed by atoms with Gasteiger partial charge in [-0.3, -0.25) is 0 Å². The second kappa shape index (κ2) is 8.27. The lowest BCUT2D eigenvalue weighted by atomic mass is 9.94. The summed E-state index contributed by atoms with van der Waals surface area (Å²) in [7, 11) is 1.65. The van der Waals surface area contributed by atoms with Crippen LogP contribution in [0, 0.1) is 5.82 Å². The third-order valence-corrected chi connectivity index (χ3v) is 4.77. The Bertz CT molecular complexity index is 764. The lowest BCUT2D eigenvalue weighted by Crippen LogP contribution is -2.45. The summed E-state index contributed by atoms with van der Waals surface area (Å²) < 4.78 is 20.5. The van der Waals surface area contributed by atoms with Gasteiger partial charge in [0.1, 0.15) is 18.0 Å². The van der Waals surface area contributed by atoms with Crippen LogP contribution in [0.2, 0.25) is 0 Å². The molecule has 1 aromatic heterocycles. The fourth-order valence-corrected chi connectivity index (χ4v) is 3.29. The van der Waals surface area contributed by atoms with Gasteiger partial charge in [-0.1, -0.05) is 6.07 Å². The monoisotopic (exact) mass is 361 g/mol. The molecule has 0 aliphatic carbocycles. The minimum atomic E-state index is -0.270. The van der Waals surface area contributed by atoms with Gasteiger partial charge in [0.15, 0.2) is 0 Å². The minimum Gasteiger partial charge on any atom is -0.383 e. The number of urea groups is 1. The zero-order valence-electron chi connectivity index (χ0n) is 15.1. The van der Waals surface area contributed by atoms with Crippen molar-refractivity contribution in [3.8, 4) is 0 Å². The van der Waals surface area contributed by atoms with Gasteiger partial charge < -0.3 is 19.5 Å². The summed E-state index contributed by atoms with van der Waals surface area (Å²) in [5.74, 6) is 0.537. The first-order valence-electron chi connectivity index (χ1n) is 8.78. The van der Waals surface area contributed by atoms with E-state index in [1.807, 2.05) is 17.6 Å². The summed E-state index contributed by atoms with van der Waals surface area (Å²) in [4.78, 5) is 14.3. The van der Waals surface area contributed by atoms with Gasteiger partial charge in [-0.15, -0.1) is 10.2 Å². The lowest BCUT2D eigenvalue weighted by Gasteiger charge is -2.35. The van der Waals surface area contributed by atoms with Gasteiger partial charge in [0, 0.05) is 33.2 Å². The molecule has 7 nitrogen and oxygen atoms in total. The van der Waals surface area contributed by atoms with Crippen LogP contribution in [-0.4, -0.2) is 52.5 Å². The second-order valence-electron chi connectivity index (χ2n) is 6.38. The van der Waals surface area contributed by atoms with Crippen LogP contribution in [0.5, 0.6) is 0 Å². The Balaban J connectivity index is 1.55. The Hall–Kier alpha value is -2.48. The van der Waals surface area contributed by atoms with Crippen LogP contribution < -0.4 is 5.32 Å². The molecule has 2 amide bonds. The van der Waals surface area contributed by atoms with E-state index in [2.05, 4.69) is 15.5 Å². The van der Waals surface area contributed by atoms with Crippen molar-refractivity contribution in [2.24, 2.45) is 0 Å². The highest BCUT2D eigenvalue weighted by molar-refractivity contribution is 5.75. The molecule has 1 atom stereocenters. The summed E-state index contributed by atoms with van der Waals surface area (Å²) in [5, 5.41) is 10.9. The maximum Gasteiger partial charge on any atom is 0.317 e. The maximum atomic E-state index is 13.5. The Morgan fingerprint density at radius 2 is 2.31 bits per heavy atom. The van der Waals surface area contributed by atoms with Crippen molar-refractivity contribution in [1.29, 1.82) is 0 Å². The second-order valence-corrected chi connectivity index (χ2v) is 6.38. The number of ether oxygens (including phenoxy) is 1. The Morgan fingerprint density at radius 3 is 3.12 bits per heavy atom. The minimum absolute atomic E-state index is 0.143. The Labute approximate surface area is 152 Å². The molecule has 26 heavy (non-hydrogen) atoms. The third-order valence-electron chi connectivity index (χ3n) is 4.77. The van der Waals surface area contributed by atoms with E-state index in [4.69, 9.17) is 4.74 Å². The van der Waals surface area contributed by atoms with Crippen LogP contribution in [0.15, 0.2) is 24.5 Å². The van der Waals surface area contributed by atoms with Gasteiger partial charge in [-0.25, -0.2) is 9.18 Å². The highest BCUT2D eigenvalue weighted by atomic mass is 19.1. The van der Waals surface area contributed by atoms with Gasteiger partial charge in [-0.2, -0.15) is 0 Å². The fourth-order valence-electron chi connectivity index (χ4n) is 3.29. The van der Waals surface area contributed by atoms with Crippen molar-refractivity contribution in [1.82, 2.24) is 25.0 Å². The molecule has 1 unspecified atom stereocenters. The van der Waals surface area contributed by atoms with Crippen LogP contribution in [0.4, 0.5) is 9.18 Å². The van der Waals surface area contributed by atoms with Crippen LogP contribution in [0.3, 0.4) is 0 Å². The molecule has 1 aliphatic rings. The summed E-state index contributed by atoms with van der Waals surface area (Å²) >= 11 is 0. The van der Waals surface area contributed by atoms with Crippen molar-refractivity contribution < 1.29 is 13.9 Å². The lowest BCUT2D eigenvalue weighted by molar-refractivity contribution is 0.174. The van der Waals surface area contributed by atoms with Gasteiger partial charge in [0.2, 0.25) is 0 Å². The number of hydrogen-bond acceptors (Lipinski definition) is 4. The van der Waals surface area contributed by atoms with Crippen molar-refractivity contribution >= 4 is 6.03 Å². The molecule has 140 valence electrons. The molecule has 0 fully saturated rings. The van der Waals surface area contributed by atoms with E-state index in [-0.39, 0.29) is 17.9 Å². The zero-order valence-corrected chi connectivity index (χ0v) is 15.1. The van der Waals surface area contributed by atoms with E-state index in [1.54, 1.807) is 18.3 Å². The maximum absolute atomic E-state index is 13.5. The van der Waals surface area contributed by atoms with Crippen molar-refractivity contribution in [3.05, 3.63) is 47.3 Å². The largest absolute Gasteiger partial charge is 0.383 e. The van der Waals surface area contributed by atoms with Crippen molar-refractivity contribution in [2.75, 3.05) is 26.8 Å². The Morgan fingerprint density at radius 1 is 1.46 bits per heavy atom. The molecule has 0 spiro atoms. The first-order valence-corrected chi connectivity index (χ1v) is 8.78. The number of fused-ring (bicyclic) bond motifs is 1. The average Bonchev–Trinajstić information content (AvgIpc) is 3.08. The fraction of sp³-hybridized carbons (Fsp3) is 0.500. The van der Waals surface area contributed by atoms with Gasteiger partial charge in [0.25, 0.3) is 0 Å². The molecular weight excluding hydrogens is 337 g/mol. The van der Waals surface area contributed by atoms with Gasteiger partial charge in [0.05, 0.1) is 12.6 Å². The van der Waals surface area contributed by atoms with E-state index in [9.17, 15) is 9.18 Å². The predicted molar refractivity (Wildman–Crippen MR) is 94.2 cm³/mol. The summed E-state index contributed by atoms with van der Waals surface area (Å²) in [6, 6.07) is 4.51. The zero-order chi connectivity index (χ0) is 18.5. The Kier molecular flexibility index (Phi) is 5.82. The number of aromatic nitrogens is 3. The van der Waals surface area contributed by atoms with Gasteiger partial charge >= 0.3 is 6.03 Å². The first kappa shape index (κ1) is 18.3. The standard InChI is InChI=1S/C18H24FN5O2/c1-13-16-11-15(19)4-3-14(16)6-8-24(13)18(25)20-7-5-17-22-21-12-23(17)9-10-26-2/h3-4,11-13H,5-10H2,1-2H3,(H,20,25). The van der Waals surface area contributed by atoms with Gasteiger partial charge in [-0.05, 0) is 36.6 Å². The number of carbonyl (C=O) groups excluding carboxylic acids is 1. The highest BCUT2D eigenvalue weighted by Crippen LogP contribution is 2.29. The first-order chi connectivity index (χ1) is 12.6. The molecule has 8 heteroatoms. The van der Waals surface area contributed by atoms with E-state index in [1.165, 1.54) is 12.1 Å². The number of rotatable bonds is 6. The summed E-state index contributed by atoms with van der Waals surface area (Å²) in [5.41, 5.74) is 1.99. The number of carbonyl (C=O) groups is 1. The van der Waals surface area contributed by atoms with E-state index in [0.29, 0.717) is 32.7 Å². The van der Waals surface area contributed by atoms with E-state index in [0.717, 1.165) is 23.4 Å². The number of benzene rings is 1. The number of amides is 2. The molecule has 1 aliphatic heterocycles. The van der Waals surface area contributed by atoms with Crippen LogP contribution in [0.25, 0.3) is 0 Å². The smallest absolute Gasteiger partial charge is 0.317 e. The number of hydrogen-bond donors (Lipinski definition) is 1.